The SMILES string of the molecule is CCc1ccc(OCC(=O)N2CCOC(C)C2)cc1. The van der Waals surface area contributed by atoms with E-state index in [9.17, 15) is 4.79 Å². The number of ether oxygens (including phenoxy) is 2. The minimum absolute atomic E-state index is 0.0229. The van der Waals surface area contributed by atoms with Crippen LogP contribution in [0.5, 0.6) is 5.75 Å². The Morgan fingerprint density at radius 3 is 2.79 bits per heavy atom. The minimum atomic E-state index is 0.0229. The predicted molar refractivity (Wildman–Crippen MR) is 73.3 cm³/mol. The first-order valence-electron chi connectivity index (χ1n) is 6.80. The molecule has 2 rings (SSSR count). The van der Waals surface area contributed by atoms with Crippen LogP contribution in [0.25, 0.3) is 0 Å². The van der Waals surface area contributed by atoms with E-state index in [2.05, 4.69) is 6.92 Å². The van der Waals surface area contributed by atoms with Crippen molar-refractivity contribution in [1.82, 2.24) is 4.90 Å². The molecule has 0 N–H and O–H groups in total. The second-order valence-corrected chi connectivity index (χ2v) is 4.81. The van der Waals surface area contributed by atoms with Crippen LogP contribution in [0.2, 0.25) is 0 Å². The molecule has 1 aromatic carbocycles. The lowest BCUT2D eigenvalue weighted by Crippen LogP contribution is -2.46. The number of nitrogens with zero attached hydrogens (tertiary/aromatic N) is 1. The van der Waals surface area contributed by atoms with Crippen LogP contribution >= 0.6 is 0 Å². The van der Waals surface area contributed by atoms with Gasteiger partial charge in [-0.15, -0.1) is 0 Å². The Bertz CT molecular complexity index is 416. The van der Waals surface area contributed by atoms with Crippen LogP contribution in [-0.4, -0.2) is 43.2 Å². The summed E-state index contributed by atoms with van der Waals surface area (Å²) in [6, 6.07) is 7.87. The van der Waals surface area contributed by atoms with Gasteiger partial charge in [0.2, 0.25) is 0 Å². The molecule has 1 saturated heterocycles. The lowest BCUT2D eigenvalue weighted by atomic mass is 10.2. The molecular weight excluding hydrogens is 242 g/mol. The zero-order valence-electron chi connectivity index (χ0n) is 11.6. The van der Waals surface area contributed by atoms with E-state index in [1.807, 2.05) is 31.2 Å². The van der Waals surface area contributed by atoms with E-state index in [0.29, 0.717) is 19.7 Å². The summed E-state index contributed by atoms with van der Waals surface area (Å²) in [6.45, 7) is 6.09. The fourth-order valence-electron chi connectivity index (χ4n) is 2.10. The summed E-state index contributed by atoms with van der Waals surface area (Å²) in [5.74, 6) is 0.765. The molecule has 1 aromatic rings. The van der Waals surface area contributed by atoms with Crippen molar-refractivity contribution in [2.45, 2.75) is 26.4 Å². The molecule has 104 valence electrons. The van der Waals surface area contributed by atoms with E-state index < -0.39 is 0 Å². The molecule has 0 aliphatic carbocycles. The van der Waals surface area contributed by atoms with Crippen LogP contribution in [-0.2, 0) is 16.0 Å². The Labute approximate surface area is 114 Å². The maximum Gasteiger partial charge on any atom is 0.260 e. The van der Waals surface area contributed by atoms with Crippen molar-refractivity contribution >= 4 is 5.91 Å². The molecule has 0 spiro atoms. The number of benzene rings is 1. The highest BCUT2D eigenvalue weighted by Crippen LogP contribution is 2.13. The molecule has 0 bridgehead atoms. The second kappa shape index (κ2) is 6.57. The van der Waals surface area contributed by atoms with E-state index in [-0.39, 0.29) is 18.6 Å². The summed E-state index contributed by atoms with van der Waals surface area (Å²) in [5.41, 5.74) is 1.26. The van der Waals surface area contributed by atoms with E-state index in [0.717, 1.165) is 12.2 Å². The number of aryl methyl sites for hydroxylation is 1. The summed E-state index contributed by atoms with van der Waals surface area (Å²) in [5, 5.41) is 0. The third kappa shape index (κ3) is 3.96. The Hall–Kier alpha value is -1.55. The lowest BCUT2D eigenvalue weighted by Gasteiger charge is -2.31. The van der Waals surface area contributed by atoms with Gasteiger partial charge in [0.05, 0.1) is 12.7 Å². The van der Waals surface area contributed by atoms with E-state index in [4.69, 9.17) is 9.47 Å². The van der Waals surface area contributed by atoms with Crippen molar-refractivity contribution in [3.8, 4) is 5.75 Å². The molecule has 1 heterocycles. The monoisotopic (exact) mass is 263 g/mol. The average molecular weight is 263 g/mol. The summed E-state index contributed by atoms with van der Waals surface area (Å²) in [6.07, 6.45) is 1.12. The predicted octanol–water partition coefficient (Wildman–Crippen LogP) is 1.88. The first kappa shape index (κ1) is 13.9. The normalized spacial score (nSPS) is 19.3. The molecule has 4 heteroatoms. The number of carbonyl (C=O) groups excluding carboxylic acids is 1. The maximum atomic E-state index is 12.0. The first-order valence-corrected chi connectivity index (χ1v) is 6.80. The molecule has 1 atom stereocenters. The minimum Gasteiger partial charge on any atom is -0.484 e. The molecule has 1 amide bonds. The number of hydrogen-bond acceptors (Lipinski definition) is 3. The van der Waals surface area contributed by atoms with Gasteiger partial charge in [0.1, 0.15) is 5.75 Å². The van der Waals surface area contributed by atoms with Crippen LogP contribution in [0.15, 0.2) is 24.3 Å². The van der Waals surface area contributed by atoms with E-state index in [1.165, 1.54) is 5.56 Å². The number of morpholine rings is 1. The Morgan fingerprint density at radius 2 is 2.16 bits per heavy atom. The van der Waals surface area contributed by atoms with Crippen molar-refractivity contribution < 1.29 is 14.3 Å². The van der Waals surface area contributed by atoms with Crippen molar-refractivity contribution in [2.24, 2.45) is 0 Å². The topological polar surface area (TPSA) is 38.8 Å². The highest BCUT2D eigenvalue weighted by molar-refractivity contribution is 5.77. The van der Waals surface area contributed by atoms with Crippen molar-refractivity contribution in [1.29, 1.82) is 0 Å². The van der Waals surface area contributed by atoms with Gasteiger partial charge in [0.15, 0.2) is 6.61 Å². The van der Waals surface area contributed by atoms with Crippen LogP contribution < -0.4 is 4.74 Å². The van der Waals surface area contributed by atoms with Gasteiger partial charge in [-0.25, -0.2) is 0 Å². The molecule has 1 aliphatic rings. The summed E-state index contributed by atoms with van der Waals surface area (Å²) in [4.78, 5) is 13.8. The molecule has 0 aromatic heterocycles. The third-order valence-electron chi connectivity index (χ3n) is 3.29. The number of hydrogen-bond donors (Lipinski definition) is 0. The molecule has 1 aliphatic heterocycles. The van der Waals surface area contributed by atoms with Crippen molar-refractivity contribution in [3.05, 3.63) is 29.8 Å². The smallest absolute Gasteiger partial charge is 0.260 e. The van der Waals surface area contributed by atoms with Crippen molar-refractivity contribution in [2.75, 3.05) is 26.3 Å². The van der Waals surface area contributed by atoms with E-state index >= 15 is 0 Å². The number of carbonyl (C=O) groups is 1. The van der Waals surface area contributed by atoms with Crippen LogP contribution in [0.1, 0.15) is 19.4 Å². The highest BCUT2D eigenvalue weighted by atomic mass is 16.5. The largest absolute Gasteiger partial charge is 0.484 e. The molecule has 0 radical (unpaired) electrons. The van der Waals surface area contributed by atoms with Crippen LogP contribution in [0.3, 0.4) is 0 Å². The third-order valence-corrected chi connectivity index (χ3v) is 3.29. The van der Waals surface area contributed by atoms with Gasteiger partial charge in [-0.2, -0.15) is 0 Å². The molecular formula is C15H21NO3. The Kier molecular flexibility index (Phi) is 4.80. The Morgan fingerprint density at radius 1 is 1.42 bits per heavy atom. The maximum absolute atomic E-state index is 12.0. The van der Waals surface area contributed by atoms with Crippen LogP contribution in [0, 0.1) is 0 Å². The lowest BCUT2D eigenvalue weighted by molar-refractivity contribution is -0.140. The van der Waals surface area contributed by atoms with Gasteiger partial charge in [-0.05, 0) is 31.0 Å². The van der Waals surface area contributed by atoms with E-state index in [1.54, 1.807) is 4.90 Å². The highest BCUT2D eigenvalue weighted by Gasteiger charge is 2.21. The molecule has 1 fully saturated rings. The van der Waals surface area contributed by atoms with Gasteiger partial charge < -0.3 is 14.4 Å². The summed E-state index contributed by atoms with van der Waals surface area (Å²) < 4.78 is 10.9. The zero-order valence-corrected chi connectivity index (χ0v) is 11.6. The zero-order chi connectivity index (χ0) is 13.7. The quantitative estimate of drug-likeness (QED) is 0.832. The standard InChI is InChI=1S/C15H21NO3/c1-3-13-4-6-14(7-5-13)19-11-15(17)16-8-9-18-12(2)10-16/h4-7,12H,3,8-11H2,1-2H3. The first-order chi connectivity index (χ1) is 9.19. The molecule has 19 heavy (non-hydrogen) atoms. The molecule has 0 saturated carbocycles. The Balaban J connectivity index is 1.82. The van der Waals surface area contributed by atoms with Gasteiger partial charge >= 0.3 is 0 Å². The fourth-order valence-corrected chi connectivity index (χ4v) is 2.10. The average Bonchev–Trinajstić information content (AvgIpc) is 2.45. The number of amides is 1. The molecule has 1 unspecified atom stereocenters. The summed E-state index contributed by atoms with van der Waals surface area (Å²) in [7, 11) is 0. The number of rotatable bonds is 4. The summed E-state index contributed by atoms with van der Waals surface area (Å²) >= 11 is 0. The van der Waals surface area contributed by atoms with Gasteiger partial charge in [-0.1, -0.05) is 19.1 Å². The van der Waals surface area contributed by atoms with Crippen molar-refractivity contribution in [3.63, 3.8) is 0 Å². The van der Waals surface area contributed by atoms with Crippen LogP contribution in [0.4, 0.5) is 0 Å². The van der Waals surface area contributed by atoms with Gasteiger partial charge in [-0.3, -0.25) is 4.79 Å². The molecule has 4 nitrogen and oxygen atoms in total. The van der Waals surface area contributed by atoms with Gasteiger partial charge in [0, 0.05) is 13.1 Å². The second-order valence-electron chi connectivity index (χ2n) is 4.81. The fraction of sp³-hybridized carbons (Fsp3) is 0.533. The van der Waals surface area contributed by atoms with Gasteiger partial charge in [0.25, 0.3) is 5.91 Å².